The summed E-state index contributed by atoms with van der Waals surface area (Å²) < 4.78 is 11.1. The SMILES string of the molecule is CCOC(c1noc(C(N)C(C)(C)C)n1)C(C)(C)C. The van der Waals surface area contributed by atoms with E-state index >= 15 is 0 Å². The van der Waals surface area contributed by atoms with Crippen LogP contribution in [-0.4, -0.2) is 16.7 Å². The number of nitrogens with two attached hydrogens (primary N) is 1. The molecule has 2 unspecified atom stereocenters. The van der Waals surface area contributed by atoms with Crippen LogP contribution in [0.1, 0.15) is 72.3 Å². The van der Waals surface area contributed by atoms with Crippen LogP contribution in [0.4, 0.5) is 0 Å². The molecule has 1 aromatic heterocycles. The standard InChI is InChI=1S/C14H27N3O2/c1-8-18-10(14(5,6)7)11-16-12(19-17-11)9(15)13(2,3)4/h9-10H,8,15H2,1-7H3. The second-order valence-electron chi connectivity index (χ2n) is 7.04. The first-order valence-corrected chi connectivity index (χ1v) is 6.78. The normalized spacial score (nSPS) is 16.4. The fraction of sp³-hybridized carbons (Fsp3) is 0.857. The van der Waals surface area contributed by atoms with Crippen LogP contribution in [0, 0.1) is 10.8 Å². The summed E-state index contributed by atoms with van der Waals surface area (Å²) in [5.41, 5.74) is 5.92. The number of hydrogen-bond acceptors (Lipinski definition) is 5. The van der Waals surface area contributed by atoms with E-state index in [-0.39, 0.29) is 23.0 Å². The zero-order chi connectivity index (χ0) is 14.8. The number of aromatic nitrogens is 2. The van der Waals surface area contributed by atoms with Crippen molar-refractivity contribution in [2.45, 2.75) is 60.6 Å². The lowest BCUT2D eigenvalue weighted by Gasteiger charge is -2.27. The summed E-state index contributed by atoms with van der Waals surface area (Å²) in [6, 6.07) is -0.281. The Hall–Kier alpha value is -0.940. The van der Waals surface area contributed by atoms with Crippen molar-refractivity contribution in [2.24, 2.45) is 16.6 Å². The highest BCUT2D eigenvalue weighted by Gasteiger charge is 2.33. The van der Waals surface area contributed by atoms with Crippen molar-refractivity contribution in [3.8, 4) is 0 Å². The maximum atomic E-state index is 6.13. The molecule has 0 aliphatic carbocycles. The van der Waals surface area contributed by atoms with Crippen molar-refractivity contribution in [3.63, 3.8) is 0 Å². The minimum atomic E-state index is -0.281. The average Bonchev–Trinajstić information content (AvgIpc) is 2.70. The average molecular weight is 269 g/mol. The van der Waals surface area contributed by atoms with Crippen LogP contribution < -0.4 is 5.73 Å². The molecule has 1 aromatic rings. The molecule has 0 saturated carbocycles. The molecule has 0 fully saturated rings. The van der Waals surface area contributed by atoms with Crippen LogP contribution in [-0.2, 0) is 4.74 Å². The second kappa shape index (κ2) is 5.59. The van der Waals surface area contributed by atoms with Gasteiger partial charge in [0.15, 0.2) is 0 Å². The Kier molecular flexibility index (Phi) is 4.74. The van der Waals surface area contributed by atoms with Crippen LogP contribution in [0.25, 0.3) is 0 Å². The third kappa shape index (κ3) is 4.01. The van der Waals surface area contributed by atoms with E-state index in [1.807, 2.05) is 27.7 Å². The number of nitrogens with zero attached hydrogens (tertiary/aromatic N) is 2. The number of rotatable bonds is 4. The maximum absolute atomic E-state index is 6.13. The summed E-state index contributed by atoms with van der Waals surface area (Å²) in [6.07, 6.45) is -0.192. The fourth-order valence-corrected chi connectivity index (χ4v) is 1.73. The molecule has 1 rings (SSSR count). The number of hydrogen-bond donors (Lipinski definition) is 1. The summed E-state index contributed by atoms with van der Waals surface area (Å²) in [6.45, 7) is 15.0. The Morgan fingerprint density at radius 3 is 2.16 bits per heavy atom. The minimum absolute atomic E-state index is 0.0943. The van der Waals surface area contributed by atoms with Gasteiger partial charge in [-0.3, -0.25) is 0 Å². The van der Waals surface area contributed by atoms with E-state index in [1.54, 1.807) is 0 Å². The van der Waals surface area contributed by atoms with Gasteiger partial charge in [-0.1, -0.05) is 46.7 Å². The first-order chi connectivity index (χ1) is 8.57. The van der Waals surface area contributed by atoms with Crippen molar-refractivity contribution in [1.29, 1.82) is 0 Å². The van der Waals surface area contributed by atoms with Crippen molar-refractivity contribution in [3.05, 3.63) is 11.7 Å². The summed E-state index contributed by atoms with van der Waals surface area (Å²) in [4.78, 5) is 4.43. The topological polar surface area (TPSA) is 74.2 Å². The number of ether oxygens (including phenoxy) is 1. The van der Waals surface area contributed by atoms with Crippen LogP contribution in [0.5, 0.6) is 0 Å². The summed E-state index contributed by atoms with van der Waals surface area (Å²) >= 11 is 0. The van der Waals surface area contributed by atoms with Gasteiger partial charge in [0.05, 0.1) is 6.04 Å². The molecule has 0 bridgehead atoms. The van der Waals surface area contributed by atoms with Gasteiger partial charge in [0.25, 0.3) is 0 Å². The van der Waals surface area contributed by atoms with E-state index in [0.717, 1.165) is 0 Å². The molecule has 5 nitrogen and oxygen atoms in total. The smallest absolute Gasteiger partial charge is 0.244 e. The zero-order valence-corrected chi connectivity index (χ0v) is 13.2. The Morgan fingerprint density at radius 2 is 1.74 bits per heavy atom. The van der Waals surface area contributed by atoms with Crippen molar-refractivity contribution >= 4 is 0 Å². The van der Waals surface area contributed by atoms with E-state index in [2.05, 4.69) is 30.9 Å². The lowest BCUT2D eigenvalue weighted by atomic mass is 9.87. The van der Waals surface area contributed by atoms with Gasteiger partial charge < -0.3 is 15.0 Å². The molecule has 2 N–H and O–H groups in total. The van der Waals surface area contributed by atoms with Gasteiger partial charge in [-0.05, 0) is 17.8 Å². The molecule has 5 heteroatoms. The Balaban J connectivity index is 3.00. The molecule has 0 saturated heterocycles. The Labute approximate surface area is 115 Å². The van der Waals surface area contributed by atoms with Crippen molar-refractivity contribution in [2.75, 3.05) is 6.61 Å². The zero-order valence-electron chi connectivity index (χ0n) is 13.2. The summed E-state index contributed by atoms with van der Waals surface area (Å²) in [7, 11) is 0. The van der Waals surface area contributed by atoms with Gasteiger partial charge in [-0.25, -0.2) is 0 Å². The van der Waals surface area contributed by atoms with E-state index < -0.39 is 0 Å². The molecule has 0 aliphatic rings. The third-order valence-electron chi connectivity index (χ3n) is 3.01. The Morgan fingerprint density at radius 1 is 1.16 bits per heavy atom. The highest BCUT2D eigenvalue weighted by atomic mass is 16.5. The minimum Gasteiger partial charge on any atom is -0.370 e. The molecule has 1 heterocycles. The summed E-state index contributed by atoms with van der Waals surface area (Å²) in [5, 5.41) is 4.05. The summed E-state index contributed by atoms with van der Waals surface area (Å²) in [5.74, 6) is 1.04. The van der Waals surface area contributed by atoms with Crippen molar-refractivity contribution < 1.29 is 9.26 Å². The monoisotopic (exact) mass is 269 g/mol. The molecular weight excluding hydrogens is 242 g/mol. The van der Waals surface area contributed by atoms with Crippen LogP contribution in [0.2, 0.25) is 0 Å². The molecule has 0 aliphatic heterocycles. The van der Waals surface area contributed by atoms with Gasteiger partial charge in [0.1, 0.15) is 6.10 Å². The van der Waals surface area contributed by atoms with Crippen molar-refractivity contribution in [1.82, 2.24) is 10.1 Å². The van der Waals surface area contributed by atoms with E-state index in [9.17, 15) is 0 Å². The maximum Gasteiger partial charge on any atom is 0.244 e. The quantitative estimate of drug-likeness (QED) is 0.908. The molecule has 2 atom stereocenters. The fourth-order valence-electron chi connectivity index (χ4n) is 1.73. The highest BCUT2D eigenvalue weighted by Crippen LogP contribution is 2.36. The lowest BCUT2D eigenvalue weighted by molar-refractivity contribution is -0.0203. The van der Waals surface area contributed by atoms with Gasteiger partial charge in [-0.2, -0.15) is 4.98 Å². The molecular formula is C14H27N3O2. The van der Waals surface area contributed by atoms with E-state index in [4.69, 9.17) is 15.0 Å². The van der Waals surface area contributed by atoms with E-state index in [1.165, 1.54) is 0 Å². The lowest BCUT2D eigenvalue weighted by Crippen LogP contribution is -2.27. The predicted molar refractivity (Wildman–Crippen MR) is 74.5 cm³/mol. The largest absolute Gasteiger partial charge is 0.370 e. The van der Waals surface area contributed by atoms with Crippen LogP contribution in [0.3, 0.4) is 0 Å². The highest BCUT2D eigenvalue weighted by molar-refractivity contribution is 5.01. The predicted octanol–water partition coefficient (Wildman–Crippen LogP) is 3.24. The van der Waals surface area contributed by atoms with Gasteiger partial charge in [0.2, 0.25) is 11.7 Å². The molecule has 0 spiro atoms. The van der Waals surface area contributed by atoms with E-state index in [0.29, 0.717) is 18.3 Å². The second-order valence-corrected chi connectivity index (χ2v) is 7.04. The first kappa shape index (κ1) is 16.1. The van der Waals surface area contributed by atoms with Crippen LogP contribution >= 0.6 is 0 Å². The molecule has 19 heavy (non-hydrogen) atoms. The van der Waals surface area contributed by atoms with Crippen LogP contribution in [0.15, 0.2) is 4.52 Å². The molecule has 0 amide bonds. The van der Waals surface area contributed by atoms with Gasteiger partial charge in [-0.15, -0.1) is 0 Å². The molecule has 0 radical (unpaired) electrons. The first-order valence-electron chi connectivity index (χ1n) is 6.78. The molecule has 0 aromatic carbocycles. The Bertz CT molecular complexity index is 402. The van der Waals surface area contributed by atoms with Gasteiger partial charge >= 0.3 is 0 Å². The van der Waals surface area contributed by atoms with Gasteiger partial charge in [0, 0.05) is 6.61 Å². The molecule has 110 valence electrons. The third-order valence-corrected chi connectivity index (χ3v) is 3.01.